The van der Waals surface area contributed by atoms with E-state index in [-0.39, 0.29) is 17.0 Å². The minimum Gasteiger partial charge on any atom is -0.364 e. The molecular weight excluding hydrogens is 216 g/mol. The summed E-state index contributed by atoms with van der Waals surface area (Å²) in [6, 6.07) is 4.32. The lowest BCUT2D eigenvalue weighted by Gasteiger charge is -1.96. The monoisotopic (exact) mass is 223 g/mol. The van der Waals surface area contributed by atoms with E-state index in [4.69, 9.17) is 5.73 Å². The van der Waals surface area contributed by atoms with Crippen molar-refractivity contribution in [1.82, 2.24) is 10.2 Å². The fourth-order valence-corrected chi connectivity index (χ4v) is 1.30. The fraction of sp³-hybridized carbons (Fsp3) is 0. The first-order valence-electron chi connectivity index (χ1n) is 4.38. The number of aromatic amines is 1. The summed E-state index contributed by atoms with van der Waals surface area (Å²) in [7, 11) is 0. The number of nitrogens with zero attached hydrogens (tertiary/aromatic N) is 1. The van der Waals surface area contributed by atoms with Gasteiger partial charge >= 0.3 is 0 Å². The van der Waals surface area contributed by atoms with Crippen LogP contribution in [0.25, 0.3) is 11.3 Å². The molecule has 0 spiro atoms. The van der Waals surface area contributed by atoms with Gasteiger partial charge in [0.1, 0.15) is 17.3 Å². The van der Waals surface area contributed by atoms with Crippen LogP contribution in [0.2, 0.25) is 0 Å². The molecule has 0 bridgehead atoms. The molecule has 0 aliphatic heterocycles. The normalized spacial score (nSPS) is 10.4. The van der Waals surface area contributed by atoms with Gasteiger partial charge in [0.15, 0.2) is 0 Å². The van der Waals surface area contributed by atoms with Gasteiger partial charge in [0, 0.05) is 11.6 Å². The number of H-pyrrole nitrogens is 1. The van der Waals surface area contributed by atoms with E-state index in [1.54, 1.807) is 0 Å². The summed E-state index contributed by atoms with van der Waals surface area (Å²) in [6.07, 6.45) is 0. The second-order valence-corrected chi connectivity index (χ2v) is 3.19. The first kappa shape index (κ1) is 10.3. The number of carbonyl (C=O) groups excluding carboxylic acids is 1. The highest BCUT2D eigenvalue weighted by Crippen LogP contribution is 2.20. The van der Waals surface area contributed by atoms with E-state index in [0.29, 0.717) is 0 Å². The number of rotatable bonds is 2. The lowest BCUT2D eigenvalue weighted by Crippen LogP contribution is -2.10. The van der Waals surface area contributed by atoms with Gasteiger partial charge in [-0.3, -0.25) is 9.89 Å². The molecule has 6 heteroatoms. The highest BCUT2D eigenvalue weighted by molar-refractivity contribution is 5.91. The van der Waals surface area contributed by atoms with Crippen molar-refractivity contribution in [2.24, 2.45) is 5.73 Å². The largest absolute Gasteiger partial charge is 0.364 e. The zero-order chi connectivity index (χ0) is 11.7. The molecule has 0 saturated carbocycles. The maximum atomic E-state index is 12.9. The van der Waals surface area contributed by atoms with Crippen molar-refractivity contribution in [3.05, 3.63) is 41.6 Å². The second-order valence-electron chi connectivity index (χ2n) is 3.19. The lowest BCUT2D eigenvalue weighted by atomic mass is 10.1. The Bertz CT molecular complexity index is 530. The number of hydrogen-bond acceptors (Lipinski definition) is 2. The standard InChI is InChI=1S/C10H7F2N3O/c11-6-1-5(2-7(12)3-6)8-4-9(10(13)16)15-14-8/h1-4H,(H2,13,16)(H,14,15). The van der Waals surface area contributed by atoms with Crippen LogP contribution in [0.5, 0.6) is 0 Å². The number of nitrogens with one attached hydrogen (secondary N) is 1. The van der Waals surface area contributed by atoms with Gasteiger partial charge in [-0.25, -0.2) is 8.78 Å². The summed E-state index contributed by atoms with van der Waals surface area (Å²) in [4.78, 5) is 10.8. The number of amides is 1. The van der Waals surface area contributed by atoms with Crippen molar-refractivity contribution in [3.63, 3.8) is 0 Å². The molecule has 0 fully saturated rings. The molecule has 1 amide bonds. The molecule has 0 aliphatic carbocycles. The van der Waals surface area contributed by atoms with Crippen molar-refractivity contribution >= 4 is 5.91 Å². The molecule has 1 aromatic heterocycles. The average molecular weight is 223 g/mol. The number of halogens is 2. The summed E-state index contributed by atoms with van der Waals surface area (Å²) < 4.78 is 25.8. The second kappa shape index (κ2) is 3.73. The van der Waals surface area contributed by atoms with Gasteiger partial charge in [0.05, 0.1) is 5.69 Å². The molecule has 0 atom stereocenters. The van der Waals surface area contributed by atoms with Crippen LogP contribution in [0.15, 0.2) is 24.3 Å². The van der Waals surface area contributed by atoms with Gasteiger partial charge in [0.2, 0.25) is 0 Å². The summed E-state index contributed by atoms with van der Waals surface area (Å²) >= 11 is 0. The molecule has 0 unspecified atom stereocenters. The van der Waals surface area contributed by atoms with Gasteiger partial charge in [-0.1, -0.05) is 0 Å². The van der Waals surface area contributed by atoms with Crippen LogP contribution < -0.4 is 5.73 Å². The van der Waals surface area contributed by atoms with Crippen LogP contribution >= 0.6 is 0 Å². The Balaban J connectivity index is 2.46. The highest BCUT2D eigenvalue weighted by Gasteiger charge is 2.09. The summed E-state index contributed by atoms with van der Waals surface area (Å²) in [5.74, 6) is -2.10. The fourth-order valence-electron chi connectivity index (χ4n) is 1.30. The Morgan fingerprint density at radius 2 is 1.81 bits per heavy atom. The van der Waals surface area contributed by atoms with E-state index in [1.165, 1.54) is 6.07 Å². The third kappa shape index (κ3) is 1.90. The molecule has 16 heavy (non-hydrogen) atoms. The quantitative estimate of drug-likeness (QED) is 0.808. The predicted molar refractivity (Wildman–Crippen MR) is 52.5 cm³/mol. The van der Waals surface area contributed by atoms with Crippen LogP contribution in [-0.2, 0) is 0 Å². The topological polar surface area (TPSA) is 71.8 Å². The number of carbonyl (C=O) groups is 1. The third-order valence-electron chi connectivity index (χ3n) is 2.00. The van der Waals surface area contributed by atoms with Crippen molar-refractivity contribution in [2.45, 2.75) is 0 Å². The summed E-state index contributed by atoms with van der Waals surface area (Å²) in [5.41, 5.74) is 5.58. The van der Waals surface area contributed by atoms with Crippen molar-refractivity contribution < 1.29 is 13.6 Å². The molecule has 1 aromatic carbocycles. The average Bonchev–Trinajstić information content (AvgIpc) is 2.64. The van der Waals surface area contributed by atoms with Gasteiger partial charge in [-0.2, -0.15) is 5.10 Å². The Kier molecular flexibility index (Phi) is 2.40. The summed E-state index contributed by atoms with van der Waals surface area (Å²) in [5, 5.41) is 6.10. The minimum atomic E-state index is -0.710. The van der Waals surface area contributed by atoms with Crippen molar-refractivity contribution in [3.8, 4) is 11.3 Å². The molecule has 0 aliphatic rings. The number of benzene rings is 1. The van der Waals surface area contributed by atoms with E-state index in [0.717, 1.165) is 18.2 Å². The maximum Gasteiger partial charge on any atom is 0.266 e. The minimum absolute atomic E-state index is 0.0830. The lowest BCUT2D eigenvalue weighted by molar-refractivity contribution is 0.0995. The van der Waals surface area contributed by atoms with Crippen LogP contribution in [0.3, 0.4) is 0 Å². The van der Waals surface area contributed by atoms with E-state index < -0.39 is 17.5 Å². The Morgan fingerprint density at radius 1 is 1.19 bits per heavy atom. The molecule has 3 N–H and O–H groups in total. The zero-order valence-electron chi connectivity index (χ0n) is 8.00. The molecule has 82 valence electrons. The first-order chi connectivity index (χ1) is 7.56. The van der Waals surface area contributed by atoms with Crippen molar-refractivity contribution in [2.75, 3.05) is 0 Å². The molecule has 2 rings (SSSR count). The van der Waals surface area contributed by atoms with Gasteiger partial charge in [0.25, 0.3) is 5.91 Å². The van der Waals surface area contributed by atoms with Gasteiger partial charge in [-0.15, -0.1) is 0 Å². The maximum absolute atomic E-state index is 12.9. The zero-order valence-corrected chi connectivity index (χ0v) is 8.00. The molecule has 0 saturated heterocycles. The van der Waals surface area contributed by atoms with Crippen LogP contribution in [0, 0.1) is 11.6 Å². The predicted octanol–water partition coefficient (Wildman–Crippen LogP) is 1.45. The SMILES string of the molecule is NC(=O)c1cc(-c2cc(F)cc(F)c2)n[nH]1. The molecule has 1 heterocycles. The summed E-state index contributed by atoms with van der Waals surface area (Å²) in [6.45, 7) is 0. The number of nitrogens with two attached hydrogens (primary N) is 1. The van der Waals surface area contributed by atoms with E-state index in [2.05, 4.69) is 10.2 Å². The van der Waals surface area contributed by atoms with Crippen LogP contribution in [0.1, 0.15) is 10.5 Å². The van der Waals surface area contributed by atoms with Crippen molar-refractivity contribution in [1.29, 1.82) is 0 Å². The van der Waals surface area contributed by atoms with E-state index in [1.807, 2.05) is 0 Å². The number of aromatic nitrogens is 2. The Morgan fingerprint density at radius 3 is 2.31 bits per heavy atom. The molecule has 4 nitrogen and oxygen atoms in total. The Labute approximate surface area is 89.1 Å². The van der Waals surface area contributed by atoms with Gasteiger partial charge < -0.3 is 5.73 Å². The first-order valence-corrected chi connectivity index (χ1v) is 4.38. The molecule has 2 aromatic rings. The smallest absolute Gasteiger partial charge is 0.266 e. The third-order valence-corrected chi connectivity index (χ3v) is 2.00. The number of hydrogen-bond donors (Lipinski definition) is 2. The van der Waals surface area contributed by atoms with Gasteiger partial charge in [-0.05, 0) is 18.2 Å². The van der Waals surface area contributed by atoms with Crippen LogP contribution in [-0.4, -0.2) is 16.1 Å². The number of primary amides is 1. The Hall–Kier alpha value is -2.24. The molecule has 0 radical (unpaired) electrons. The highest BCUT2D eigenvalue weighted by atomic mass is 19.1. The molecular formula is C10H7F2N3O. The van der Waals surface area contributed by atoms with E-state index >= 15 is 0 Å². The van der Waals surface area contributed by atoms with Crippen LogP contribution in [0.4, 0.5) is 8.78 Å². The van der Waals surface area contributed by atoms with E-state index in [9.17, 15) is 13.6 Å².